The molecule has 0 amide bonds. The number of hydrogen-bond donors (Lipinski definition) is 1. The third-order valence-electron chi connectivity index (χ3n) is 6.82. The first kappa shape index (κ1) is 27.5. The van der Waals surface area contributed by atoms with Gasteiger partial charge in [0.05, 0.1) is 5.56 Å². The van der Waals surface area contributed by atoms with Gasteiger partial charge in [0.15, 0.2) is 11.2 Å². The van der Waals surface area contributed by atoms with Crippen molar-refractivity contribution in [1.29, 1.82) is 0 Å². The predicted octanol–water partition coefficient (Wildman–Crippen LogP) is 4.09. The van der Waals surface area contributed by atoms with Gasteiger partial charge in [0.2, 0.25) is 11.7 Å². The van der Waals surface area contributed by atoms with Crippen LogP contribution in [0.3, 0.4) is 0 Å². The molecule has 0 saturated heterocycles. The number of rotatable bonds is 10. The molecule has 9 nitrogen and oxygen atoms in total. The molecule has 4 aromatic rings. The van der Waals surface area contributed by atoms with Gasteiger partial charge in [0.1, 0.15) is 4.99 Å². The van der Waals surface area contributed by atoms with E-state index in [0.29, 0.717) is 37.8 Å². The van der Waals surface area contributed by atoms with Crippen molar-refractivity contribution < 1.29 is 5.11 Å². The molecular formula is C28H35N5O4S. The molecule has 0 aliphatic rings. The van der Waals surface area contributed by atoms with Crippen molar-refractivity contribution >= 4 is 34.1 Å². The van der Waals surface area contributed by atoms with Crippen molar-refractivity contribution in [1.82, 2.24) is 23.1 Å². The summed E-state index contributed by atoms with van der Waals surface area (Å²) in [4.78, 5) is 45.9. The molecule has 0 radical (unpaired) electrons. The molecular weight excluding hydrogens is 502 g/mol. The summed E-state index contributed by atoms with van der Waals surface area (Å²) >= 11 is 5.77. The predicted molar refractivity (Wildman–Crippen MR) is 154 cm³/mol. The summed E-state index contributed by atoms with van der Waals surface area (Å²) in [6, 6.07) is 9.08. The van der Waals surface area contributed by atoms with Gasteiger partial charge >= 0.3 is 5.69 Å². The lowest BCUT2D eigenvalue weighted by molar-refractivity contribution is 0.432. The number of benzene rings is 1. The Kier molecular flexibility index (Phi) is 8.30. The molecule has 0 spiro atoms. The first-order valence-corrected chi connectivity index (χ1v) is 13.8. The van der Waals surface area contributed by atoms with Crippen LogP contribution >= 0.6 is 12.2 Å². The molecule has 0 atom stereocenters. The molecule has 0 bridgehead atoms. The Morgan fingerprint density at radius 3 is 2.21 bits per heavy atom. The zero-order chi connectivity index (χ0) is 27.6. The van der Waals surface area contributed by atoms with Crippen LogP contribution in [0.15, 0.2) is 44.7 Å². The Labute approximate surface area is 226 Å². The molecule has 202 valence electrons. The summed E-state index contributed by atoms with van der Waals surface area (Å²) in [6.07, 6.45) is 3.95. The summed E-state index contributed by atoms with van der Waals surface area (Å²) in [7, 11) is 0. The molecule has 0 aliphatic heterocycles. The lowest BCUT2D eigenvalue weighted by atomic mass is 10.0. The SMILES string of the molecule is CCCCn1c(=O)c2c(nc3n(C(=S)c4ccccc4)c(=O)c(CCC(C)C)c(O)n23)n(CCCC)c1=O. The number of aryl methyl sites for hydroxylation is 1. The van der Waals surface area contributed by atoms with Gasteiger partial charge in [-0.05, 0) is 31.6 Å². The Morgan fingerprint density at radius 2 is 1.61 bits per heavy atom. The summed E-state index contributed by atoms with van der Waals surface area (Å²) in [6.45, 7) is 8.69. The van der Waals surface area contributed by atoms with E-state index in [-0.39, 0.29) is 45.8 Å². The van der Waals surface area contributed by atoms with Crippen LogP contribution in [-0.4, -0.2) is 33.2 Å². The van der Waals surface area contributed by atoms with E-state index in [0.717, 1.165) is 12.8 Å². The molecule has 1 aromatic carbocycles. The van der Waals surface area contributed by atoms with E-state index in [1.807, 2.05) is 45.9 Å². The second-order valence-electron chi connectivity index (χ2n) is 10.1. The maximum atomic E-state index is 13.8. The van der Waals surface area contributed by atoms with E-state index in [1.54, 1.807) is 12.1 Å². The van der Waals surface area contributed by atoms with Gasteiger partial charge in [0, 0.05) is 18.7 Å². The van der Waals surface area contributed by atoms with Crippen LogP contribution in [0.4, 0.5) is 0 Å². The molecule has 1 N–H and O–H groups in total. The molecule has 0 saturated carbocycles. The van der Waals surface area contributed by atoms with Crippen LogP contribution in [0.25, 0.3) is 16.9 Å². The lowest BCUT2D eigenvalue weighted by Gasteiger charge is -2.15. The molecule has 4 rings (SSSR count). The number of hydrogen-bond acceptors (Lipinski definition) is 6. The average molecular weight is 538 g/mol. The normalized spacial score (nSPS) is 11.7. The van der Waals surface area contributed by atoms with Crippen molar-refractivity contribution in [2.75, 3.05) is 0 Å². The zero-order valence-electron chi connectivity index (χ0n) is 22.4. The van der Waals surface area contributed by atoms with Crippen LogP contribution in [0.5, 0.6) is 5.88 Å². The van der Waals surface area contributed by atoms with Crippen molar-refractivity contribution in [2.45, 2.75) is 79.3 Å². The Morgan fingerprint density at radius 1 is 0.974 bits per heavy atom. The molecule has 0 fully saturated rings. The Bertz CT molecular complexity index is 1660. The Hall–Kier alpha value is -3.53. The highest BCUT2D eigenvalue weighted by Gasteiger charge is 2.27. The summed E-state index contributed by atoms with van der Waals surface area (Å²) in [5, 5.41) is 11.5. The van der Waals surface area contributed by atoms with Crippen molar-refractivity contribution in [3.63, 3.8) is 0 Å². The molecule has 0 unspecified atom stereocenters. The standard InChI is InChI=1S/C28H35N5O4S/c1-5-7-16-30-22-21(25(36)31(28(30)37)17-8-6-2)32-23(34)20(15-14-18(3)4)24(35)33(27(32)29-22)26(38)19-12-10-9-11-13-19/h9-13,18,34H,5-8,14-17H2,1-4H3. The van der Waals surface area contributed by atoms with Crippen LogP contribution in [0.2, 0.25) is 0 Å². The lowest BCUT2D eigenvalue weighted by Crippen LogP contribution is -2.40. The minimum absolute atomic E-state index is 0.0136. The van der Waals surface area contributed by atoms with E-state index in [2.05, 4.69) is 4.98 Å². The minimum atomic E-state index is -0.542. The van der Waals surface area contributed by atoms with E-state index >= 15 is 0 Å². The quantitative estimate of drug-likeness (QED) is 0.306. The third kappa shape index (κ3) is 4.84. The van der Waals surface area contributed by atoms with Crippen LogP contribution in [0, 0.1) is 5.92 Å². The molecule has 38 heavy (non-hydrogen) atoms. The maximum absolute atomic E-state index is 13.8. The number of aromatic nitrogens is 5. The number of thiocarbonyl (C=S) groups is 1. The van der Waals surface area contributed by atoms with E-state index in [1.165, 1.54) is 18.1 Å². The largest absolute Gasteiger partial charge is 0.494 e. The van der Waals surface area contributed by atoms with Crippen LogP contribution < -0.4 is 16.8 Å². The first-order chi connectivity index (χ1) is 18.2. The topological polar surface area (TPSA) is 104 Å². The van der Waals surface area contributed by atoms with Gasteiger partial charge in [-0.15, -0.1) is 0 Å². The van der Waals surface area contributed by atoms with Gasteiger partial charge in [-0.2, -0.15) is 4.98 Å². The summed E-state index contributed by atoms with van der Waals surface area (Å²) in [5.74, 6) is -0.0382. The van der Waals surface area contributed by atoms with Gasteiger partial charge in [-0.3, -0.25) is 18.7 Å². The van der Waals surface area contributed by atoms with Crippen LogP contribution in [-0.2, 0) is 19.5 Å². The minimum Gasteiger partial charge on any atom is -0.494 e. The van der Waals surface area contributed by atoms with Crippen molar-refractivity contribution in [3.05, 3.63) is 72.7 Å². The van der Waals surface area contributed by atoms with Crippen molar-refractivity contribution in [2.24, 2.45) is 5.92 Å². The highest BCUT2D eigenvalue weighted by Crippen LogP contribution is 2.24. The number of fused-ring (bicyclic) bond motifs is 3. The second-order valence-corrected chi connectivity index (χ2v) is 10.5. The smallest absolute Gasteiger partial charge is 0.332 e. The number of nitrogens with zero attached hydrogens (tertiary/aromatic N) is 5. The fraction of sp³-hybridized carbons (Fsp3) is 0.464. The van der Waals surface area contributed by atoms with E-state index in [4.69, 9.17) is 12.2 Å². The Balaban J connectivity index is 2.18. The average Bonchev–Trinajstić information content (AvgIpc) is 3.29. The first-order valence-electron chi connectivity index (χ1n) is 13.3. The fourth-order valence-corrected chi connectivity index (χ4v) is 4.91. The number of imidazole rings is 1. The van der Waals surface area contributed by atoms with Gasteiger partial charge in [0.25, 0.3) is 11.1 Å². The van der Waals surface area contributed by atoms with E-state index < -0.39 is 16.8 Å². The maximum Gasteiger partial charge on any atom is 0.332 e. The zero-order valence-corrected chi connectivity index (χ0v) is 23.3. The molecule has 0 aliphatic carbocycles. The third-order valence-corrected chi connectivity index (χ3v) is 7.23. The highest BCUT2D eigenvalue weighted by molar-refractivity contribution is 7.80. The summed E-state index contributed by atoms with van der Waals surface area (Å²) in [5.41, 5.74) is -0.460. The van der Waals surface area contributed by atoms with E-state index in [9.17, 15) is 19.5 Å². The molecule has 3 aromatic heterocycles. The van der Waals surface area contributed by atoms with Crippen LogP contribution in [0.1, 0.15) is 70.9 Å². The molecule has 10 heteroatoms. The monoisotopic (exact) mass is 537 g/mol. The van der Waals surface area contributed by atoms with Gasteiger partial charge in [-0.1, -0.05) is 83.1 Å². The highest BCUT2D eigenvalue weighted by atomic mass is 32.1. The fourth-order valence-electron chi connectivity index (χ4n) is 4.61. The van der Waals surface area contributed by atoms with Gasteiger partial charge < -0.3 is 5.11 Å². The second kappa shape index (κ2) is 11.5. The number of aromatic hydroxyl groups is 1. The van der Waals surface area contributed by atoms with Crippen molar-refractivity contribution in [3.8, 4) is 5.88 Å². The number of unbranched alkanes of at least 4 members (excludes halogenated alkanes) is 2. The van der Waals surface area contributed by atoms with Gasteiger partial charge in [-0.25, -0.2) is 13.8 Å². The summed E-state index contributed by atoms with van der Waals surface area (Å²) < 4.78 is 5.29. The molecule has 3 heterocycles.